The predicted octanol–water partition coefficient (Wildman–Crippen LogP) is 4.14. The highest BCUT2D eigenvalue weighted by atomic mass is 35.5. The summed E-state index contributed by atoms with van der Waals surface area (Å²) in [5.41, 5.74) is 1.15. The lowest BCUT2D eigenvalue weighted by Crippen LogP contribution is -1.99. The molecule has 2 aromatic carbocycles. The fraction of sp³-hybridized carbons (Fsp3) is 0.0714. The van der Waals surface area contributed by atoms with E-state index in [0.29, 0.717) is 10.8 Å². The van der Waals surface area contributed by atoms with Crippen LogP contribution in [-0.2, 0) is 0 Å². The number of carboxylic acid groups (broad SMARTS) is 1. The average molecular weight is 263 g/mol. The van der Waals surface area contributed by atoms with Crippen LogP contribution in [0, 0.1) is 6.92 Å². The highest BCUT2D eigenvalue weighted by Gasteiger charge is 2.12. The Morgan fingerprint density at radius 1 is 1.17 bits per heavy atom. The maximum Gasteiger partial charge on any atom is 0.339 e. The molecular weight excluding hydrogens is 252 g/mol. The molecule has 0 saturated carbocycles. The Hall–Kier alpha value is -2.00. The SMILES string of the molecule is Cc1ccc(Oc2ccc(Cl)cc2C(=O)O)cc1. The van der Waals surface area contributed by atoms with E-state index < -0.39 is 5.97 Å². The molecule has 2 rings (SSSR count). The summed E-state index contributed by atoms with van der Waals surface area (Å²) in [6, 6.07) is 11.9. The molecule has 0 aliphatic heterocycles. The minimum Gasteiger partial charge on any atom is -0.478 e. The van der Waals surface area contributed by atoms with Gasteiger partial charge in [-0.2, -0.15) is 0 Å². The quantitative estimate of drug-likeness (QED) is 0.904. The predicted molar refractivity (Wildman–Crippen MR) is 69.7 cm³/mol. The van der Waals surface area contributed by atoms with E-state index in [2.05, 4.69) is 0 Å². The van der Waals surface area contributed by atoms with E-state index >= 15 is 0 Å². The molecule has 92 valence electrons. The van der Waals surface area contributed by atoms with Crippen molar-refractivity contribution in [3.8, 4) is 11.5 Å². The molecule has 18 heavy (non-hydrogen) atoms. The summed E-state index contributed by atoms with van der Waals surface area (Å²) in [5.74, 6) is -0.208. The molecule has 0 bridgehead atoms. The van der Waals surface area contributed by atoms with E-state index in [1.807, 2.05) is 19.1 Å². The van der Waals surface area contributed by atoms with Gasteiger partial charge in [-0.1, -0.05) is 29.3 Å². The number of hydrogen-bond acceptors (Lipinski definition) is 2. The molecule has 4 heteroatoms. The Morgan fingerprint density at radius 2 is 1.83 bits per heavy atom. The molecule has 0 amide bonds. The highest BCUT2D eigenvalue weighted by Crippen LogP contribution is 2.28. The van der Waals surface area contributed by atoms with Crippen molar-refractivity contribution in [1.29, 1.82) is 0 Å². The first-order valence-electron chi connectivity index (χ1n) is 5.33. The van der Waals surface area contributed by atoms with Crippen molar-refractivity contribution < 1.29 is 14.6 Å². The number of rotatable bonds is 3. The first kappa shape index (κ1) is 12.5. The number of hydrogen-bond donors (Lipinski definition) is 1. The molecule has 0 aliphatic carbocycles. The van der Waals surface area contributed by atoms with Gasteiger partial charge in [0.15, 0.2) is 0 Å². The molecule has 0 fully saturated rings. The van der Waals surface area contributed by atoms with Gasteiger partial charge < -0.3 is 9.84 Å². The average Bonchev–Trinajstić information content (AvgIpc) is 2.34. The minimum absolute atomic E-state index is 0.0445. The lowest BCUT2D eigenvalue weighted by Gasteiger charge is -2.09. The molecule has 2 aromatic rings. The van der Waals surface area contributed by atoms with Crippen LogP contribution < -0.4 is 4.74 Å². The molecule has 0 aromatic heterocycles. The van der Waals surface area contributed by atoms with Crippen molar-refractivity contribution in [1.82, 2.24) is 0 Å². The third kappa shape index (κ3) is 2.81. The summed E-state index contributed by atoms with van der Waals surface area (Å²) in [6.45, 7) is 1.97. The standard InChI is InChI=1S/C14H11ClO3/c1-9-2-5-11(6-3-9)18-13-7-4-10(15)8-12(13)14(16)17/h2-8H,1H3,(H,16,17). The molecule has 0 spiro atoms. The number of ether oxygens (including phenoxy) is 1. The summed E-state index contributed by atoms with van der Waals surface area (Å²) in [6.07, 6.45) is 0. The lowest BCUT2D eigenvalue weighted by atomic mass is 10.2. The van der Waals surface area contributed by atoms with Crippen molar-refractivity contribution >= 4 is 17.6 Å². The maximum absolute atomic E-state index is 11.1. The van der Waals surface area contributed by atoms with Crippen LogP contribution in [0.1, 0.15) is 15.9 Å². The molecule has 1 N–H and O–H groups in total. The van der Waals surface area contributed by atoms with Gasteiger partial charge >= 0.3 is 5.97 Å². The fourth-order valence-corrected chi connectivity index (χ4v) is 1.66. The molecule has 0 aliphatic rings. The summed E-state index contributed by atoms with van der Waals surface area (Å²) in [4.78, 5) is 11.1. The zero-order valence-electron chi connectivity index (χ0n) is 9.68. The number of carboxylic acids is 1. The largest absolute Gasteiger partial charge is 0.478 e. The van der Waals surface area contributed by atoms with Crippen LogP contribution >= 0.6 is 11.6 Å². The second kappa shape index (κ2) is 5.10. The Kier molecular flexibility index (Phi) is 3.53. The second-order valence-corrected chi connectivity index (χ2v) is 4.30. The van der Waals surface area contributed by atoms with Crippen LogP contribution in [0.2, 0.25) is 5.02 Å². The summed E-state index contributed by atoms with van der Waals surface area (Å²) in [5, 5.41) is 9.44. The molecule has 0 atom stereocenters. The van der Waals surface area contributed by atoms with Crippen molar-refractivity contribution in [2.24, 2.45) is 0 Å². The van der Waals surface area contributed by atoms with Crippen LogP contribution in [0.15, 0.2) is 42.5 Å². The van der Waals surface area contributed by atoms with Gasteiger partial charge in [0.1, 0.15) is 17.1 Å². The van der Waals surface area contributed by atoms with E-state index in [0.717, 1.165) is 5.56 Å². The van der Waals surface area contributed by atoms with E-state index in [9.17, 15) is 4.79 Å². The van der Waals surface area contributed by atoms with Gasteiger partial charge in [0, 0.05) is 5.02 Å². The first-order chi connectivity index (χ1) is 8.56. The molecular formula is C14H11ClO3. The lowest BCUT2D eigenvalue weighted by molar-refractivity contribution is 0.0694. The van der Waals surface area contributed by atoms with Crippen LogP contribution in [-0.4, -0.2) is 11.1 Å². The van der Waals surface area contributed by atoms with Gasteiger partial charge in [0.2, 0.25) is 0 Å². The van der Waals surface area contributed by atoms with Gasteiger partial charge in [-0.05, 0) is 37.3 Å². The summed E-state index contributed by atoms with van der Waals surface area (Å²) >= 11 is 5.77. The molecule has 0 unspecified atom stereocenters. The molecule has 0 radical (unpaired) electrons. The van der Waals surface area contributed by atoms with Crippen molar-refractivity contribution in [2.75, 3.05) is 0 Å². The molecule has 0 saturated heterocycles. The Balaban J connectivity index is 2.34. The Bertz CT molecular complexity index is 576. The molecule has 0 heterocycles. The van der Waals surface area contributed by atoms with Gasteiger partial charge in [0.05, 0.1) is 0 Å². The van der Waals surface area contributed by atoms with Crippen LogP contribution in [0.5, 0.6) is 11.5 Å². The number of aryl methyl sites for hydroxylation is 1. The zero-order chi connectivity index (χ0) is 13.1. The summed E-state index contributed by atoms with van der Waals surface area (Å²) in [7, 11) is 0. The maximum atomic E-state index is 11.1. The van der Waals surface area contributed by atoms with Crippen LogP contribution in [0.3, 0.4) is 0 Å². The smallest absolute Gasteiger partial charge is 0.339 e. The minimum atomic E-state index is -1.07. The monoisotopic (exact) mass is 262 g/mol. The van der Waals surface area contributed by atoms with Crippen molar-refractivity contribution in [3.63, 3.8) is 0 Å². The van der Waals surface area contributed by atoms with E-state index in [4.69, 9.17) is 21.4 Å². The van der Waals surface area contributed by atoms with Gasteiger partial charge in [-0.15, -0.1) is 0 Å². The number of carbonyl (C=O) groups is 1. The Labute approximate surface area is 110 Å². The highest BCUT2D eigenvalue weighted by molar-refractivity contribution is 6.31. The number of aromatic carboxylic acids is 1. The Morgan fingerprint density at radius 3 is 2.44 bits per heavy atom. The first-order valence-corrected chi connectivity index (χ1v) is 5.71. The van der Waals surface area contributed by atoms with Gasteiger partial charge in [-0.25, -0.2) is 4.79 Å². The second-order valence-electron chi connectivity index (χ2n) is 3.86. The van der Waals surface area contributed by atoms with E-state index in [1.54, 1.807) is 24.3 Å². The zero-order valence-corrected chi connectivity index (χ0v) is 10.4. The fourth-order valence-electron chi connectivity index (χ4n) is 1.49. The molecule has 3 nitrogen and oxygen atoms in total. The third-order valence-corrected chi connectivity index (χ3v) is 2.66. The third-order valence-electron chi connectivity index (χ3n) is 2.42. The van der Waals surface area contributed by atoms with Gasteiger partial charge in [0.25, 0.3) is 0 Å². The van der Waals surface area contributed by atoms with Crippen molar-refractivity contribution in [2.45, 2.75) is 6.92 Å². The van der Waals surface area contributed by atoms with Crippen LogP contribution in [0.25, 0.3) is 0 Å². The van der Waals surface area contributed by atoms with E-state index in [-0.39, 0.29) is 11.3 Å². The van der Waals surface area contributed by atoms with Crippen molar-refractivity contribution in [3.05, 3.63) is 58.6 Å². The topological polar surface area (TPSA) is 46.5 Å². The summed E-state index contributed by atoms with van der Waals surface area (Å²) < 4.78 is 5.54. The van der Waals surface area contributed by atoms with E-state index in [1.165, 1.54) is 6.07 Å². The number of halogens is 1. The van der Waals surface area contributed by atoms with Crippen LogP contribution in [0.4, 0.5) is 0 Å². The number of benzene rings is 2. The van der Waals surface area contributed by atoms with Gasteiger partial charge in [-0.3, -0.25) is 0 Å². The normalized spacial score (nSPS) is 10.1.